The Labute approximate surface area is 237 Å². The van der Waals surface area contributed by atoms with Gasteiger partial charge in [-0.2, -0.15) is 0 Å². The van der Waals surface area contributed by atoms with Crippen molar-refractivity contribution in [2.75, 3.05) is 40.4 Å². The Kier molecular flexibility index (Phi) is 9.83. The molecule has 13 heteroatoms. The van der Waals surface area contributed by atoms with Crippen molar-refractivity contribution in [3.8, 4) is 11.5 Å². The molecule has 1 aliphatic rings. The van der Waals surface area contributed by atoms with Crippen LogP contribution in [-0.2, 0) is 16.6 Å². The van der Waals surface area contributed by atoms with Gasteiger partial charge in [0.2, 0.25) is 0 Å². The second kappa shape index (κ2) is 12.5. The number of nitrogens with zero attached hydrogens (tertiary/aromatic N) is 2. The third-order valence-corrected chi connectivity index (χ3v) is 6.96. The number of alkyl halides is 1. The molecule has 2 aromatic carbocycles. The van der Waals surface area contributed by atoms with E-state index in [0.717, 1.165) is 20.3 Å². The van der Waals surface area contributed by atoms with Crippen LogP contribution in [0, 0.1) is 28.7 Å². The number of hydrogen-bond donors (Lipinski definition) is 0. The van der Waals surface area contributed by atoms with Crippen LogP contribution in [0.25, 0.3) is 0 Å². The summed E-state index contributed by atoms with van der Waals surface area (Å²) in [6.45, 7) is 5.32. The van der Waals surface area contributed by atoms with Crippen LogP contribution in [-0.4, -0.2) is 68.0 Å². The standard InChI is InChI=1S/C27H29BrF4N2O6/c1-27(2,3)24(35)18-20(31)15(12-28)22(23(38-4)21(18)32)40-26(37)34-10-8-33(9-11-34)13-14-6-7-16(29)17(19(14)30)25(36)39-5/h6-7H,8-13H2,1-5H3. The topological polar surface area (TPSA) is 85.4 Å². The summed E-state index contributed by atoms with van der Waals surface area (Å²) >= 11 is 3.11. The highest BCUT2D eigenvalue weighted by atomic mass is 79.9. The first-order chi connectivity index (χ1) is 18.8. The number of esters is 1. The van der Waals surface area contributed by atoms with Crippen molar-refractivity contribution in [2.24, 2.45) is 5.41 Å². The summed E-state index contributed by atoms with van der Waals surface area (Å²) in [5, 5.41) is -0.201. The quantitative estimate of drug-likeness (QED) is 0.173. The molecule has 0 aromatic heterocycles. The number of methoxy groups -OCH3 is 2. The molecular weight excluding hydrogens is 604 g/mol. The van der Waals surface area contributed by atoms with Crippen molar-refractivity contribution in [3.05, 3.63) is 57.7 Å². The van der Waals surface area contributed by atoms with Crippen molar-refractivity contribution in [2.45, 2.75) is 32.6 Å². The lowest BCUT2D eigenvalue weighted by Gasteiger charge is -2.34. The van der Waals surface area contributed by atoms with Gasteiger partial charge in [-0.25, -0.2) is 27.2 Å². The van der Waals surface area contributed by atoms with E-state index in [2.05, 4.69) is 20.7 Å². The van der Waals surface area contributed by atoms with E-state index in [1.165, 1.54) is 31.7 Å². The first-order valence-corrected chi connectivity index (χ1v) is 13.3. The number of benzene rings is 2. The highest BCUT2D eigenvalue weighted by Crippen LogP contribution is 2.42. The van der Waals surface area contributed by atoms with Gasteiger partial charge in [-0.15, -0.1) is 0 Å². The van der Waals surface area contributed by atoms with Gasteiger partial charge in [0.05, 0.1) is 19.8 Å². The summed E-state index contributed by atoms with van der Waals surface area (Å²) in [5.41, 5.74) is -2.85. The molecule has 0 N–H and O–H groups in total. The second-order valence-electron chi connectivity index (χ2n) is 10.1. The fraction of sp³-hybridized carbons (Fsp3) is 0.444. The van der Waals surface area contributed by atoms with Gasteiger partial charge in [0.1, 0.15) is 23.0 Å². The Balaban J connectivity index is 1.77. The van der Waals surface area contributed by atoms with E-state index in [1.807, 2.05) is 0 Å². The van der Waals surface area contributed by atoms with Gasteiger partial charge < -0.3 is 19.1 Å². The van der Waals surface area contributed by atoms with Gasteiger partial charge in [-0.1, -0.05) is 42.8 Å². The Morgan fingerprint density at radius 3 is 2.05 bits per heavy atom. The maximum absolute atomic E-state index is 15.4. The van der Waals surface area contributed by atoms with Crippen molar-refractivity contribution in [1.29, 1.82) is 0 Å². The summed E-state index contributed by atoms with van der Waals surface area (Å²) in [7, 11) is 2.13. The molecule has 1 amide bonds. The lowest BCUT2D eigenvalue weighted by Crippen LogP contribution is -2.49. The SMILES string of the molecule is COC(=O)c1c(F)ccc(CN2CCN(C(=O)Oc3c(CBr)c(F)c(C(=O)C(C)(C)C)c(F)c3OC)CC2)c1F. The van der Waals surface area contributed by atoms with Crippen molar-refractivity contribution in [1.82, 2.24) is 9.80 Å². The van der Waals surface area contributed by atoms with E-state index in [1.54, 1.807) is 4.90 Å². The summed E-state index contributed by atoms with van der Waals surface area (Å²) in [6.07, 6.45) is -0.908. The van der Waals surface area contributed by atoms with Crippen LogP contribution in [0.2, 0.25) is 0 Å². The number of ether oxygens (including phenoxy) is 3. The Morgan fingerprint density at radius 1 is 0.900 bits per heavy atom. The van der Waals surface area contributed by atoms with Crippen LogP contribution < -0.4 is 9.47 Å². The zero-order valence-corrected chi connectivity index (χ0v) is 24.2. The first-order valence-electron chi connectivity index (χ1n) is 12.2. The highest BCUT2D eigenvalue weighted by molar-refractivity contribution is 9.08. The number of hydrogen-bond acceptors (Lipinski definition) is 7. The van der Waals surface area contributed by atoms with Gasteiger partial charge in [-0.05, 0) is 6.07 Å². The third-order valence-electron chi connectivity index (χ3n) is 6.40. The number of rotatable bonds is 7. The maximum atomic E-state index is 15.4. The van der Waals surface area contributed by atoms with E-state index < -0.39 is 69.2 Å². The zero-order valence-electron chi connectivity index (χ0n) is 22.6. The largest absolute Gasteiger partial charge is 0.490 e. The molecule has 2 aromatic rings. The molecule has 40 heavy (non-hydrogen) atoms. The summed E-state index contributed by atoms with van der Waals surface area (Å²) in [4.78, 5) is 40.5. The number of carbonyl (C=O) groups is 3. The lowest BCUT2D eigenvalue weighted by atomic mass is 9.85. The summed E-state index contributed by atoms with van der Waals surface area (Å²) in [6, 6.07) is 2.20. The average molecular weight is 633 g/mol. The molecule has 0 radical (unpaired) electrons. The predicted molar refractivity (Wildman–Crippen MR) is 140 cm³/mol. The normalized spacial score (nSPS) is 14.2. The van der Waals surface area contributed by atoms with Crippen molar-refractivity contribution >= 4 is 33.8 Å². The fourth-order valence-corrected chi connectivity index (χ4v) is 4.67. The first kappa shape index (κ1) is 31.3. The number of halogens is 5. The van der Waals surface area contributed by atoms with E-state index in [0.29, 0.717) is 0 Å². The van der Waals surface area contributed by atoms with Gasteiger partial charge in [-0.3, -0.25) is 9.69 Å². The maximum Gasteiger partial charge on any atom is 0.415 e. The molecule has 1 fully saturated rings. The molecule has 0 spiro atoms. The minimum Gasteiger partial charge on any atom is -0.490 e. The van der Waals surface area contributed by atoms with E-state index in [4.69, 9.17) is 9.47 Å². The Morgan fingerprint density at radius 2 is 1.52 bits per heavy atom. The molecule has 0 saturated carbocycles. The van der Waals surface area contributed by atoms with Gasteiger partial charge >= 0.3 is 12.1 Å². The minimum absolute atomic E-state index is 0.0280. The molecular formula is C27H29BrF4N2O6. The van der Waals surface area contributed by atoms with Crippen LogP contribution in [0.4, 0.5) is 22.4 Å². The zero-order chi connectivity index (χ0) is 29.9. The number of amides is 1. The van der Waals surface area contributed by atoms with E-state index >= 15 is 8.78 Å². The molecule has 0 atom stereocenters. The predicted octanol–water partition coefficient (Wildman–Crippen LogP) is 5.48. The average Bonchev–Trinajstić information content (AvgIpc) is 2.90. The van der Waals surface area contributed by atoms with Crippen molar-refractivity contribution < 1.29 is 46.2 Å². The van der Waals surface area contributed by atoms with Crippen LogP contribution in [0.1, 0.15) is 52.6 Å². The monoisotopic (exact) mass is 632 g/mol. The van der Waals surface area contributed by atoms with Crippen molar-refractivity contribution in [3.63, 3.8) is 0 Å². The Bertz CT molecular complexity index is 1290. The lowest BCUT2D eigenvalue weighted by molar-refractivity contribution is 0.0588. The molecule has 3 rings (SSSR count). The molecule has 8 nitrogen and oxygen atoms in total. The number of Topliss-reactive ketones (excluding diaryl/α,β-unsaturated/α-hetero) is 1. The molecule has 1 heterocycles. The van der Waals surface area contributed by atoms with Crippen LogP contribution in [0.5, 0.6) is 11.5 Å². The molecule has 1 saturated heterocycles. The van der Waals surface area contributed by atoms with E-state index in [-0.39, 0.29) is 49.2 Å². The van der Waals surface area contributed by atoms with Crippen LogP contribution in [0.3, 0.4) is 0 Å². The number of piperazine rings is 1. The van der Waals surface area contributed by atoms with Gasteiger partial charge in [0.15, 0.2) is 23.1 Å². The van der Waals surface area contributed by atoms with Crippen LogP contribution in [0.15, 0.2) is 12.1 Å². The number of ketones is 1. The molecule has 0 unspecified atom stereocenters. The summed E-state index contributed by atoms with van der Waals surface area (Å²) < 4.78 is 74.3. The van der Waals surface area contributed by atoms with Gasteiger partial charge in [0.25, 0.3) is 0 Å². The molecule has 0 bridgehead atoms. The fourth-order valence-electron chi connectivity index (χ4n) is 4.17. The van der Waals surface area contributed by atoms with Gasteiger partial charge in [0, 0.05) is 54.6 Å². The Hall–Kier alpha value is -3.19. The highest BCUT2D eigenvalue weighted by Gasteiger charge is 2.36. The smallest absolute Gasteiger partial charge is 0.415 e. The number of carbonyl (C=O) groups excluding carboxylic acids is 3. The summed E-state index contributed by atoms with van der Waals surface area (Å²) in [5.74, 6) is -7.48. The molecule has 218 valence electrons. The molecule has 1 aliphatic heterocycles. The molecule has 0 aliphatic carbocycles. The third kappa shape index (κ3) is 6.25. The van der Waals surface area contributed by atoms with E-state index in [9.17, 15) is 23.2 Å². The minimum atomic E-state index is -1.27. The van der Waals surface area contributed by atoms with Crippen LogP contribution >= 0.6 is 15.9 Å². The second-order valence-corrected chi connectivity index (χ2v) is 10.6.